The fourth-order valence-electron chi connectivity index (χ4n) is 2.91. The van der Waals surface area contributed by atoms with Crippen molar-refractivity contribution >= 4 is 17.6 Å². The summed E-state index contributed by atoms with van der Waals surface area (Å²) >= 11 is 6.23. The van der Waals surface area contributed by atoms with Gasteiger partial charge in [-0.15, -0.1) is 0 Å². The van der Waals surface area contributed by atoms with E-state index in [9.17, 15) is 4.39 Å². The molecule has 1 aromatic carbocycles. The van der Waals surface area contributed by atoms with Gasteiger partial charge in [0.1, 0.15) is 11.6 Å². The Kier molecular flexibility index (Phi) is 7.25. The summed E-state index contributed by atoms with van der Waals surface area (Å²) in [5.41, 5.74) is 2.59. The average molecular weight is 395 g/mol. The van der Waals surface area contributed by atoms with Crippen molar-refractivity contribution in [2.75, 3.05) is 19.6 Å². The fraction of sp³-hybridized carbons (Fsp3) is 0.500. The summed E-state index contributed by atoms with van der Waals surface area (Å²) < 4.78 is 18.5. The lowest BCUT2D eigenvalue weighted by Crippen LogP contribution is -2.39. The largest absolute Gasteiger partial charge is 0.361 e. The predicted octanol–water partition coefficient (Wildman–Crippen LogP) is 4.16. The Balaban J connectivity index is 2.03. The second-order valence-corrected chi connectivity index (χ2v) is 7.59. The van der Waals surface area contributed by atoms with Crippen molar-refractivity contribution < 1.29 is 8.91 Å². The topological polar surface area (TPSA) is 62.5 Å². The summed E-state index contributed by atoms with van der Waals surface area (Å²) in [5, 5.41) is 11.0. The van der Waals surface area contributed by atoms with Crippen LogP contribution in [0.4, 0.5) is 4.39 Å². The normalized spacial score (nSPS) is 12.3. The van der Waals surface area contributed by atoms with Crippen molar-refractivity contribution in [2.45, 2.75) is 46.5 Å². The molecule has 0 aliphatic rings. The van der Waals surface area contributed by atoms with Crippen LogP contribution < -0.4 is 10.6 Å². The van der Waals surface area contributed by atoms with Gasteiger partial charge in [0.2, 0.25) is 0 Å². The third-order valence-electron chi connectivity index (χ3n) is 4.49. The molecule has 2 N–H and O–H groups in total. The minimum atomic E-state index is -0.336. The summed E-state index contributed by atoms with van der Waals surface area (Å²) in [6, 6.07) is 4.50. The molecule has 0 atom stereocenters. The third kappa shape index (κ3) is 5.70. The van der Waals surface area contributed by atoms with Crippen LogP contribution in [0.15, 0.2) is 27.7 Å². The number of aryl methyl sites for hydroxylation is 2. The summed E-state index contributed by atoms with van der Waals surface area (Å²) in [6.45, 7) is 12.0. The Morgan fingerprint density at radius 1 is 1.30 bits per heavy atom. The number of benzene rings is 1. The first-order chi connectivity index (χ1) is 12.7. The van der Waals surface area contributed by atoms with Crippen molar-refractivity contribution in [3.05, 3.63) is 51.6 Å². The zero-order valence-corrected chi connectivity index (χ0v) is 17.4. The summed E-state index contributed by atoms with van der Waals surface area (Å²) in [4.78, 5) is 4.69. The van der Waals surface area contributed by atoms with Crippen molar-refractivity contribution in [3.8, 4) is 0 Å². The molecular weight excluding hydrogens is 367 g/mol. The predicted molar refractivity (Wildman–Crippen MR) is 108 cm³/mol. The van der Waals surface area contributed by atoms with Crippen LogP contribution in [0.3, 0.4) is 0 Å². The number of nitrogens with zero attached hydrogens (tertiary/aromatic N) is 2. The van der Waals surface area contributed by atoms with E-state index in [-0.39, 0.29) is 11.2 Å². The molecule has 5 nitrogen and oxygen atoms in total. The monoisotopic (exact) mass is 394 g/mol. The van der Waals surface area contributed by atoms with Gasteiger partial charge in [-0.1, -0.05) is 36.7 Å². The minimum absolute atomic E-state index is 0.325. The van der Waals surface area contributed by atoms with Crippen LogP contribution in [-0.2, 0) is 11.8 Å². The first-order valence-corrected chi connectivity index (χ1v) is 9.52. The maximum atomic E-state index is 13.3. The van der Waals surface area contributed by atoms with Crippen LogP contribution in [0.5, 0.6) is 0 Å². The number of guanidine groups is 1. The molecular formula is C20H28ClFN4O. The van der Waals surface area contributed by atoms with Gasteiger partial charge in [-0.25, -0.2) is 4.39 Å². The molecule has 0 fully saturated rings. The summed E-state index contributed by atoms with van der Waals surface area (Å²) in [7, 11) is 0. The van der Waals surface area contributed by atoms with E-state index in [2.05, 4.69) is 15.8 Å². The highest BCUT2D eigenvalue weighted by molar-refractivity contribution is 6.31. The van der Waals surface area contributed by atoms with Gasteiger partial charge in [-0.3, -0.25) is 4.99 Å². The zero-order chi connectivity index (χ0) is 20.0. The molecule has 0 radical (unpaired) electrons. The molecule has 2 rings (SSSR count). The molecule has 0 amide bonds. The SMILES string of the molecule is CCNC(=NCC(C)(C)c1ccc(F)cc1Cl)NCCc1c(C)noc1C. The van der Waals surface area contributed by atoms with Gasteiger partial charge in [0.25, 0.3) is 0 Å². The van der Waals surface area contributed by atoms with Crippen LogP contribution in [0, 0.1) is 19.7 Å². The quantitative estimate of drug-likeness (QED) is 0.546. The highest BCUT2D eigenvalue weighted by atomic mass is 35.5. The Bertz CT molecular complexity index is 782. The number of hydrogen-bond acceptors (Lipinski definition) is 3. The maximum absolute atomic E-state index is 13.3. The molecule has 1 heterocycles. The minimum Gasteiger partial charge on any atom is -0.361 e. The Morgan fingerprint density at radius 3 is 2.63 bits per heavy atom. The lowest BCUT2D eigenvalue weighted by atomic mass is 9.84. The lowest BCUT2D eigenvalue weighted by molar-refractivity contribution is 0.392. The maximum Gasteiger partial charge on any atom is 0.191 e. The Morgan fingerprint density at radius 2 is 2.04 bits per heavy atom. The van der Waals surface area contributed by atoms with E-state index in [4.69, 9.17) is 21.1 Å². The van der Waals surface area contributed by atoms with E-state index < -0.39 is 0 Å². The molecule has 0 spiro atoms. The molecule has 0 saturated carbocycles. The van der Waals surface area contributed by atoms with Gasteiger partial charge in [-0.2, -0.15) is 0 Å². The highest BCUT2D eigenvalue weighted by Crippen LogP contribution is 2.30. The number of hydrogen-bond donors (Lipinski definition) is 2. The van der Waals surface area contributed by atoms with Gasteiger partial charge in [-0.05, 0) is 44.9 Å². The number of aromatic nitrogens is 1. The van der Waals surface area contributed by atoms with Crippen LogP contribution in [-0.4, -0.2) is 30.8 Å². The van der Waals surface area contributed by atoms with E-state index in [1.807, 2.05) is 34.6 Å². The summed E-state index contributed by atoms with van der Waals surface area (Å²) in [5.74, 6) is 1.25. The fourth-order valence-corrected chi connectivity index (χ4v) is 3.33. The van der Waals surface area contributed by atoms with Gasteiger partial charge >= 0.3 is 0 Å². The summed E-state index contributed by atoms with van der Waals surface area (Å²) in [6.07, 6.45) is 0.804. The van der Waals surface area contributed by atoms with E-state index in [1.165, 1.54) is 12.1 Å². The van der Waals surface area contributed by atoms with Crippen LogP contribution in [0.2, 0.25) is 5.02 Å². The third-order valence-corrected chi connectivity index (χ3v) is 4.80. The number of nitrogens with one attached hydrogen (secondary N) is 2. The van der Waals surface area contributed by atoms with Gasteiger partial charge in [0, 0.05) is 29.1 Å². The first kappa shape index (κ1) is 21.2. The molecule has 148 valence electrons. The zero-order valence-electron chi connectivity index (χ0n) is 16.6. The highest BCUT2D eigenvalue weighted by Gasteiger charge is 2.23. The van der Waals surface area contributed by atoms with Crippen molar-refractivity contribution in [3.63, 3.8) is 0 Å². The second-order valence-electron chi connectivity index (χ2n) is 7.18. The van der Waals surface area contributed by atoms with Crippen molar-refractivity contribution in [1.29, 1.82) is 0 Å². The number of halogens is 2. The lowest BCUT2D eigenvalue weighted by Gasteiger charge is -2.25. The molecule has 0 unspecified atom stereocenters. The molecule has 0 aliphatic carbocycles. The van der Waals surface area contributed by atoms with Crippen LogP contribution in [0.25, 0.3) is 0 Å². The molecule has 0 aliphatic heterocycles. The molecule has 0 saturated heterocycles. The smallest absolute Gasteiger partial charge is 0.191 e. The standard InChI is InChI=1S/C20H28ClFN4O/c1-6-23-19(24-10-9-16-13(2)26-27-14(16)3)25-12-20(4,5)17-8-7-15(22)11-18(17)21/h7-8,11H,6,9-10,12H2,1-5H3,(H2,23,24,25). The molecule has 1 aromatic heterocycles. The number of aliphatic imine (C=N–C) groups is 1. The van der Waals surface area contributed by atoms with Gasteiger partial charge in [0.05, 0.1) is 12.2 Å². The van der Waals surface area contributed by atoms with Crippen LogP contribution >= 0.6 is 11.6 Å². The number of rotatable bonds is 7. The second kappa shape index (κ2) is 9.22. The Labute approximate surface area is 165 Å². The van der Waals surface area contributed by atoms with E-state index >= 15 is 0 Å². The molecule has 27 heavy (non-hydrogen) atoms. The molecule has 0 bridgehead atoms. The van der Waals surface area contributed by atoms with E-state index in [0.29, 0.717) is 18.1 Å². The van der Waals surface area contributed by atoms with Crippen molar-refractivity contribution in [2.24, 2.45) is 4.99 Å². The first-order valence-electron chi connectivity index (χ1n) is 9.14. The molecule has 2 aromatic rings. The molecule has 7 heteroatoms. The Hall–Kier alpha value is -2.08. The van der Waals surface area contributed by atoms with E-state index in [1.54, 1.807) is 6.07 Å². The van der Waals surface area contributed by atoms with E-state index in [0.717, 1.165) is 41.5 Å². The van der Waals surface area contributed by atoms with Crippen molar-refractivity contribution in [1.82, 2.24) is 15.8 Å². The van der Waals surface area contributed by atoms with Gasteiger partial charge < -0.3 is 15.2 Å². The average Bonchev–Trinajstić information content (AvgIpc) is 2.91. The van der Waals surface area contributed by atoms with Gasteiger partial charge in [0.15, 0.2) is 5.96 Å². The van der Waals surface area contributed by atoms with Crippen LogP contribution in [0.1, 0.15) is 43.4 Å².